The van der Waals surface area contributed by atoms with E-state index in [0.717, 1.165) is 12.0 Å². The van der Waals surface area contributed by atoms with Gasteiger partial charge in [-0.1, -0.05) is 18.1 Å². The molecule has 96 valence electrons. The molecule has 0 heterocycles. The third-order valence-corrected chi connectivity index (χ3v) is 2.24. The van der Waals surface area contributed by atoms with Crippen LogP contribution in [0.4, 0.5) is 0 Å². The van der Waals surface area contributed by atoms with Crippen LogP contribution in [0.5, 0.6) is 0 Å². The summed E-state index contributed by atoms with van der Waals surface area (Å²) in [5, 5.41) is 0. The second-order valence-electron chi connectivity index (χ2n) is 3.67. The molecule has 0 aromatic heterocycles. The zero-order valence-electron chi connectivity index (χ0n) is 10.2. The maximum Gasteiger partial charge on any atom is 0.339 e. The van der Waals surface area contributed by atoms with E-state index in [9.17, 15) is 4.79 Å². The van der Waals surface area contributed by atoms with Crippen molar-refractivity contribution < 1.29 is 14.3 Å². The lowest BCUT2D eigenvalue weighted by Gasteiger charge is -2.05. The third kappa shape index (κ3) is 5.00. The number of hydrogen-bond acceptors (Lipinski definition) is 4. The Morgan fingerprint density at radius 3 is 2.67 bits per heavy atom. The predicted octanol–water partition coefficient (Wildman–Crippen LogP) is 1.34. The molecule has 1 rings (SSSR count). The van der Waals surface area contributed by atoms with Crippen molar-refractivity contribution in [3.05, 3.63) is 35.4 Å². The highest BCUT2D eigenvalue weighted by atomic mass is 16.5. The maximum absolute atomic E-state index is 11.5. The lowest BCUT2D eigenvalue weighted by Crippen LogP contribution is -2.06. The van der Waals surface area contributed by atoms with Crippen molar-refractivity contribution in [2.45, 2.75) is 13.0 Å². The first-order chi connectivity index (χ1) is 8.77. The van der Waals surface area contributed by atoms with Gasteiger partial charge in [0.15, 0.2) is 6.61 Å². The molecule has 0 saturated heterocycles. The van der Waals surface area contributed by atoms with Gasteiger partial charge in [0.25, 0.3) is 0 Å². The Morgan fingerprint density at radius 2 is 2.06 bits per heavy atom. The predicted molar refractivity (Wildman–Crippen MR) is 68.9 cm³/mol. The van der Waals surface area contributed by atoms with E-state index in [1.165, 1.54) is 0 Å². The SMILES string of the molecule is C#CCOC(=O)c1ccc(COCCCN)cc1. The number of rotatable bonds is 7. The Labute approximate surface area is 107 Å². The van der Waals surface area contributed by atoms with Gasteiger partial charge in [-0.25, -0.2) is 4.79 Å². The molecular weight excluding hydrogens is 230 g/mol. The Balaban J connectivity index is 2.42. The van der Waals surface area contributed by atoms with Gasteiger partial charge in [0.2, 0.25) is 0 Å². The van der Waals surface area contributed by atoms with Crippen molar-refractivity contribution in [1.82, 2.24) is 0 Å². The summed E-state index contributed by atoms with van der Waals surface area (Å²) >= 11 is 0. The minimum atomic E-state index is -0.413. The van der Waals surface area contributed by atoms with Crippen molar-refractivity contribution in [2.75, 3.05) is 19.8 Å². The van der Waals surface area contributed by atoms with Gasteiger partial charge in [0.1, 0.15) is 0 Å². The molecule has 0 aliphatic carbocycles. The summed E-state index contributed by atoms with van der Waals surface area (Å²) in [7, 11) is 0. The van der Waals surface area contributed by atoms with Crippen LogP contribution < -0.4 is 5.73 Å². The summed E-state index contributed by atoms with van der Waals surface area (Å²) in [5.41, 5.74) is 6.84. The second-order valence-corrected chi connectivity index (χ2v) is 3.67. The summed E-state index contributed by atoms with van der Waals surface area (Å²) in [6.07, 6.45) is 5.85. The van der Waals surface area contributed by atoms with Crippen molar-refractivity contribution in [3.63, 3.8) is 0 Å². The summed E-state index contributed by atoms with van der Waals surface area (Å²) in [6.45, 7) is 1.77. The average Bonchev–Trinajstić information content (AvgIpc) is 2.41. The number of esters is 1. The second kappa shape index (κ2) is 8.29. The van der Waals surface area contributed by atoms with E-state index in [-0.39, 0.29) is 6.61 Å². The summed E-state index contributed by atoms with van der Waals surface area (Å²) in [4.78, 5) is 11.5. The molecule has 0 saturated carbocycles. The maximum atomic E-state index is 11.5. The molecule has 0 aliphatic heterocycles. The van der Waals surface area contributed by atoms with E-state index in [1.54, 1.807) is 12.1 Å². The van der Waals surface area contributed by atoms with E-state index >= 15 is 0 Å². The fraction of sp³-hybridized carbons (Fsp3) is 0.357. The van der Waals surface area contributed by atoms with E-state index in [2.05, 4.69) is 5.92 Å². The smallest absolute Gasteiger partial charge is 0.339 e. The number of benzene rings is 1. The van der Waals surface area contributed by atoms with Crippen LogP contribution in [0.25, 0.3) is 0 Å². The van der Waals surface area contributed by atoms with Gasteiger partial charge >= 0.3 is 5.97 Å². The van der Waals surface area contributed by atoms with E-state index in [4.69, 9.17) is 21.6 Å². The highest BCUT2D eigenvalue weighted by Gasteiger charge is 2.05. The molecule has 2 N–H and O–H groups in total. The minimum Gasteiger partial charge on any atom is -0.449 e. The van der Waals surface area contributed by atoms with Gasteiger partial charge < -0.3 is 15.2 Å². The molecule has 0 amide bonds. The first kappa shape index (κ1) is 14.2. The fourth-order valence-corrected chi connectivity index (χ4v) is 1.30. The Kier molecular flexibility index (Phi) is 6.55. The topological polar surface area (TPSA) is 61.5 Å². The zero-order valence-corrected chi connectivity index (χ0v) is 10.2. The van der Waals surface area contributed by atoms with Gasteiger partial charge in [-0.3, -0.25) is 0 Å². The molecule has 0 atom stereocenters. The average molecular weight is 247 g/mol. The number of nitrogens with two attached hydrogens (primary N) is 1. The van der Waals surface area contributed by atoms with E-state index in [1.807, 2.05) is 12.1 Å². The normalized spacial score (nSPS) is 9.78. The van der Waals surface area contributed by atoms with Crippen LogP contribution in [0.15, 0.2) is 24.3 Å². The Hall–Kier alpha value is -1.83. The molecule has 0 bridgehead atoms. The molecule has 1 aromatic carbocycles. The van der Waals surface area contributed by atoms with Crippen molar-refractivity contribution >= 4 is 5.97 Å². The molecule has 4 heteroatoms. The number of ether oxygens (including phenoxy) is 2. The Morgan fingerprint density at radius 1 is 1.33 bits per heavy atom. The zero-order chi connectivity index (χ0) is 13.2. The summed E-state index contributed by atoms with van der Waals surface area (Å²) < 4.78 is 10.2. The van der Waals surface area contributed by atoms with Gasteiger partial charge in [-0.05, 0) is 30.7 Å². The van der Waals surface area contributed by atoms with Gasteiger partial charge in [-0.15, -0.1) is 6.42 Å². The molecule has 4 nitrogen and oxygen atoms in total. The molecule has 0 radical (unpaired) electrons. The highest BCUT2D eigenvalue weighted by molar-refractivity contribution is 5.89. The van der Waals surface area contributed by atoms with Crippen molar-refractivity contribution in [3.8, 4) is 12.3 Å². The van der Waals surface area contributed by atoms with Crippen LogP contribution in [0.3, 0.4) is 0 Å². The lowest BCUT2D eigenvalue weighted by atomic mass is 10.1. The number of carbonyl (C=O) groups is 1. The van der Waals surface area contributed by atoms with E-state index in [0.29, 0.717) is 25.3 Å². The number of hydrogen-bond donors (Lipinski definition) is 1. The van der Waals surface area contributed by atoms with Crippen molar-refractivity contribution in [1.29, 1.82) is 0 Å². The number of terminal acetylenes is 1. The molecule has 0 aliphatic rings. The van der Waals surface area contributed by atoms with Crippen LogP contribution in [-0.2, 0) is 16.1 Å². The van der Waals surface area contributed by atoms with Crippen molar-refractivity contribution in [2.24, 2.45) is 5.73 Å². The standard InChI is InChI=1S/C14H17NO3/c1-2-9-18-14(16)13-6-4-12(5-7-13)11-17-10-3-8-15/h1,4-7H,3,8-11,15H2. The molecule has 18 heavy (non-hydrogen) atoms. The largest absolute Gasteiger partial charge is 0.449 e. The van der Waals surface area contributed by atoms with Gasteiger partial charge in [-0.2, -0.15) is 0 Å². The Bertz CT molecular complexity index is 406. The van der Waals surface area contributed by atoms with Crippen LogP contribution in [-0.4, -0.2) is 25.7 Å². The molecule has 0 fully saturated rings. The monoisotopic (exact) mass is 247 g/mol. The molecule has 0 spiro atoms. The van der Waals surface area contributed by atoms with Crippen LogP contribution in [0.2, 0.25) is 0 Å². The van der Waals surface area contributed by atoms with Crippen LogP contribution >= 0.6 is 0 Å². The fourth-order valence-electron chi connectivity index (χ4n) is 1.30. The van der Waals surface area contributed by atoms with Crippen LogP contribution in [0, 0.1) is 12.3 Å². The number of carbonyl (C=O) groups excluding carboxylic acids is 1. The first-order valence-electron chi connectivity index (χ1n) is 5.75. The van der Waals surface area contributed by atoms with Crippen LogP contribution in [0.1, 0.15) is 22.3 Å². The summed E-state index contributed by atoms with van der Waals surface area (Å²) in [6, 6.07) is 7.05. The highest BCUT2D eigenvalue weighted by Crippen LogP contribution is 2.07. The first-order valence-corrected chi connectivity index (χ1v) is 5.75. The molecule has 1 aromatic rings. The van der Waals surface area contributed by atoms with Gasteiger partial charge in [0, 0.05) is 6.61 Å². The molecule has 0 unspecified atom stereocenters. The van der Waals surface area contributed by atoms with E-state index < -0.39 is 5.97 Å². The molecular formula is C14H17NO3. The lowest BCUT2D eigenvalue weighted by molar-refractivity contribution is 0.0556. The quantitative estimate of drug-likeness (QED) is 0.449. The minimum absolute atomic E-state index is 0.0111. The third-order valence-electron chi connectivity index (χ3n) is 2.24. The summed E-state index contributed by atoms with van der Waals surface area (Å²) in [5.74, 6) is 1.83. The van der Waals surface area contributed by atoms with Gasteiger partial charge in [0.05, 0.1) is 12.2 Å².